The number of morpholine rings is 1. The van der Waals surface area contributed by atoms with Gasteiger partial charge < -0.3 is 20.3 Å². The highest BCUT2D eigenvalue weighted by Gasteiger charge is 2.39. The second-order valence-corrected chi connectivity index (χ2v) is 5.82. The van der Waals surface area contributed by atoms with Crippen molar-refractivity contribution in [2.45, 2.75) is 25.4 Å². The number of halogens is 2. The predicted molar refractivity (Wildman–Crippen MR) is 82.8 cm³/mol. The summed E-state index contributed by atoms with van der Waals surface area (Å²) < 4.78 is 5.54. The average Bonchev–Trinajstić information content (AvgIpc) is 2.88. The molecule has 3 rings (SSSR count). The van der Waals surface area contributed by atoms with Crippen LogP contribution in [-0.4, -0.2) is 62.8 Å². The van der Waals surface area contributed by atoms with E-state index in [1.165, 1.54) is 6.42 Å². The lowest BCUT2D eigenvalue weighted by molar-refractivity contribution is -0.147. The summed E-state index contributed by atoms with van der Waals surface area (Å²) in [6.45, 7) is 6.26. The van der Waals surface area contributed by atoms with E-state index in [-0.39, 0.29) is 36.8 Å². The van der Waals surface area contributed by atoms with Crippen LogP contribution in [0.2, 0.25) is 0 Å². The van der Waals surface area contributed by atoms with Crippen LogP contribution in [0.3, 0.4) is 0 Å². The van der Waals surface area contributed by atoms with Crippen molar-refractivity contribution in [2.75, 3.05) is 45.9 Å². The Balaban J connectivity index is 0.000001000. The summed E-state index contributed by atoms with van der Waals surface area (Å²) in [7, 11) is 0. The third-order valence-corrected chi connectivity index (χ3v) is 4.67. The second-order valence-electron chi connectivity index (χ2n) is 5.82. The van der Waals surface area contributed by atoms with Gasteiger partial charge in [-0.3, -0.25) is 4.79 Å². The van der Waals surface area contributed by atoms with Crippen molar-refractivity contribution in [1.29, 1.82) is 0 Å². The Morgan fingerprint density at radius 2 is 1.85 bits per heavy atom. The number of ether oxygens (including phenoxy) is 1. The molecule has 0 radical (unpaired) electrons. The largest absolute Gasteiger partial charge is 0.366 e. The lowest BCUT2D eigenvalue weighted by atomic mass is 9.78. The average molecular weight is 326 g/mol. The van der Waals surface area contributed by atoms with E-state index in [1.54, 1.807) is 0 Å². The monoisotopic (exact) mass is 325 g/mol. The number of rotatable bonds is 1. The minimum Gasteiger partial charge on any atom is -0.366 e. The van der Waals surface area contributed by atoms with E-state index in [9.17, 15) is 4.79 Å². The standard InChI is InChI=1S/C13H23N3O2.2ClH/c17-12(11-9-14-5-8-18-11)16-6-2-13(3-7-16)1-4-15-10-13;;/h11,14-15H,1-10H2;2*1H/t11-;;/m1../s1. The molecule has 3 aliphatic rings. The third-order valence-electron chi connectivity index (χ3n) is 4.67. The minimum absolute atomic E-state index is 0. The van der Waals surface area contributed by atoms with E-state index < -0.39 is 0 Å². The van der Waals surface area contributed by atoms with Gasteiger partial charge in [0.15, 0.2) is 0 Å². The Morgan fingerprint density at radius 3 is 2.40 bits per heavy atom. The van der Waals surface area contributed by atoms with Crippen LogP contribution in [0.1, 0.15) is 19.3 Å². The van der Waals surface area contributed by atoms with E-state index in [2.05, 4.69) is 10.6 Å². The molecule has 5 nitrogen and oxygen atoms in total. The molecule has 0 unspecified atom stereocenters. The number of likely N-dealkylation sites (tertiary alicyclic amines) is 1. The fourth-order valence-electron chi connectivity index (χ4n) is 3.35. The molecule has 3 saturated heterocycles. The Morgan fingerprint density at radius 1 is 1.10 bits per heavy atom. The Hall–Kier alpha value is -0.0700. The maximum Gasteiger partial charge on any atom is 0.253 e. The summed E-state index contributed by atoms with van der Waals surface area (Å²) in [6, 6.07) is 0. The summed E-state index contributed by atoms with van der Waals surface area (Å²) in [5, 5.41) is 6.67. The van der Waals surface area contributed by atoms with Crippen LogP contribution in [0.5, 0.6) is 0 Å². The van der Waals surface area contributed by atoms with Crippen molar-refractivity contribution in [3.63, 3.8) is 0 Å². The van der Waals surface area contributed by atoms with E-state index in [1.807, 2.05) is 4.90 Å². The molecule has 0 aromatic heterocycles. The molecule has 1 atom stereocenters. The number of amides is 1. The molecule has 3 heterocycles. The number of hydrogen-bond acceptors (Lipinski definition) is 4. The van der Waals surface area contributed by atoms with Gasteiger partial charge >= 0.3 is 0 Å². The first-order chi connectivity index (χ1) is 8.79. The molecule has 0 aromatic carbocycles. The smallest absolute Gasteiger partial charge is 0.253 e. The van der Waals surface area contributed by atoms with Crippen LogP contribution < -0.4 is 10.6 Å². The quantitative estimate of drug-likeness (QED) is 0.733. The van der Waals surface area contributed by atoms with Crippen LogP contribution in [-0.2, 0) is 9.53 Å². The SMILES string of the molecule is Cl.Cl.O=C([C@H]1CNCCO1)N1CCC2(CCNC2)CC1. The number of nitrogens with one attached hydrogen (secondary N) is 2. The van der Waals surface area contributed by atoms with Crippen LogP contribution in [0.25, 0.3) is 0 Å². The Labute approximate surface area is 133 Å². The number of piperidine rings is 1. The lowest BCUT2D eigenvalue weighted by Crippen LogP contribution is -2.52. The minimum atomic E-state index is -0.255. The zero-order valence-electron chi connectivity index (χ0n) is 11.7. The summed E-state index contributed by atoms with van der Waals surface area (Å²) >= 11 is 0. The fraction of sp³-hybridized carbons (Fsp3) is 0.923. The topological polar surface area (TPSA) is 53.6 Å². The lowest BCUT2D eigenvalue weighted by Gasteiger charge is -2.40. The van der Waals surface area contributed by atoms with E-state index in [0.717, 1.165) is 45.6 Å². The maximum atomic E-state index is 12.3. The Kier molecular flexibility index (Phi) is 7.01. The van der Waals surface area contributed by atoms with Crippen molar-refractivity contribution in [2.24, 2.45) is 5.41 Å². The van der Waals surface area contributed by atoms with Gasteiger partial charge in [-0.1, -0.05) is 0 Å². The third kappa shape index (κ3) is 3.77. The number of nitrogens with zero attached hydrogens (tertiary/aromatic N) is 1. The zero-order valence-corrected chi connectivity index (χ0v) is 13.4. The van der Waals surface area contributed by atoms with Gasteiger partial charge in [-0.2, -0.15) is 0 Å². The van der Waals surface area contributed by atoms with Crippen LogP contribution in [0, 0.1) is 5.41 Å². The van der Waals surface area contributed by atoms with Crippen LogP contribution in [0.4, 0.5) is 0 Å². The highest BCUT2D eigenvalue weighted by molar-refractivity contribution is 5.85. The highest BCUT2D eigenvalue weighted by atomic mass is 35.5. The van der Waals surface area contributed by atoms with Gasteiger partial charge in [0.1, 0.15) is 6.10 Å². The predicted octanol–water partition coefficient (Wildman–Crippen LogP) is 0.421. The molecule has 2 N–H and O–H groups in total. The normalized spacial score (nSPS) is 28.6. The van der Waals surface area contributed by atoms with E-state index >= 15 is 0 Å². The van der Waals surface area contributed by atoms with Crippen molar-refractivity contribution >= 4 is 30.7 Å². The first-order valence-corrected chi connectivity index (χ1v) is 7.11. The van der Waals surface area contributed by atoms with Gasteiger partial charge in [-0.25, -0.2) is 0 Å². The molecular formula is C13H25Cl2N3O2. The second kappa shape index (κ2) is 7.80. The van der Waals surface area contributed by atoms with Gasteiger partial charge in [-0.15, -0.1) is 24.8 Å². The number of carbonyl (C=O) groups excluding carboxylic acids is 1. The molecule has 3 fully saturated rings. The molecule has 7 heteroatoms. The van der Waals surface area contributed by atoms with E-state index in [4.69, 9.17) is 4.74 Å². The molecule has 20 heavy (non-hydrogen) atoms. The van der Waals surface area contributed by atoms with Crippen molar-refractivity contribution in [3.05, 3.63) is 0 Å². The first kappa shape index (κ1) is 18.0. The summed E-state index contributed by atoms with van der Waals surface area (Å²) in [5.41, 5.74) is 0.475. The Bertz CT molecular complexity index is 309. The van der Waals surface area contributed by atoms with Crippen molar-refractivity contribution < 1.29 is 9.53 Å². The fourth-order valence-corrected chi connectivity index (χ4v) is 3.35. The molecule has 0 bridgehead atoms. The molecule has 0 aromatic rings. The number of carbonyl (C=O) groups is 1. The van der Waals surface area contributed by atoms with Crippen LogP contribution >= 0.6 is 24.8 Å². The van der Waals surface area contributed by atoms with Crippen LogP contribution in [0.15, 0.2) is 0 Å². The molecular weight excluding hydrogens is 301 g/mol. The highest BCUT2D eigenvalue weighted by Crippen LogP contribution is 2.37. The maximum absolute atomic E-state index is 12.3. The molecule has 118 valence electrons. The van der Waals surface area contributed by atoms with Crippen molar-refractivity contribution in [3.8, 4) is 0 Å². The van der Waals surface area contributed by atoms with E-state index in [0.29, 0.717) is 18.6 Å². The van der Waals surface area contributed by atoms with Gasteiger partial charge in [-0.05, 0) is 31.2 Å². The molecule has 1 amide bonds. The molecule has 0 saturated carbocycles. The summed E-state index contributed by atoms with van der Waals surface area (Å²) in [5.74, 6) is 0.183. The summed E-state index contributed by atoms with van der Waals surface area (Å²) in [4.78, 5) is 14.3. The van der Waals surface area contributed by atoms with Gasteiger partial charge in [0, 0.05) is 32.7 Å². The summed E-state index contributed by atoms with van der Waals surface area (Å²) in [6.07, 6.45) is 3.31. The van der Waals surface area contributed by atoms with Gasteiger partial charge in [0.05, 0.1) is 6.61 Å². The molecule has 0 aliphatic carbocycles. The first-order valence-electron chi connectivity index (χ1n) is 7.11. The molecule has 1 spiro atoms. The van der Waals surface area contributed by atoms with Crippen molar-refractivity contribution in [1.82, 2.24) is 15.5 Å². The zero-order chi connectivity index (χ0) is 12.4. The molecule has 3 aliphatic heterocycles. The number of hydrogen-bond donors (Lipinski definition) is 2. The van der Waals surface area contributed by atoms with Gasteiger partial charge in [0.25, 0.3) is 5.91 Å². The van der Waals surface area contributed by atoms with Gasteiger partial charge in [0.2, 0.25) is 0 Å².